The molecule has 0 bridgehead atoms. The van der Waals surface area contributed by atoms with Gasteiger partial charge in [0.05, 0.1) is 5.92 Å². The van der Waals surface area contributed by atoms with Crippen molar-refractivity contribution in [3.05, 3.63) is 95.6 Å². The maximum Gasteiger partial charge on any atom is 0.254 e. The topological polar surface area (TPSA) is 59.1 Å². The van der Waals surface area contributed by atoms with Crippen LogP contribution in [0.2, 0.25) is 0 Å². The maximum atomic E-state index is 13.6. The van der Waals surface area contributed by atoms with Gasteiger partial charge in [-0.25, -0.2) is 0 Å². The lowest BCUT2D eigenvalue weighted by Gasteiger charge is -2.36. The molecule has 2 aliphatic rings. The fourth-order valence-electron chi connectivity index (χ4n) is 4.29. The highest BCUT2D eigenvalue weighted by Crippen LogP contribution is 2.33. The van der Waals surface area contributed by atoms with Gasteiger partial charge in [0.2, 0.25) is 12.7 Å². The number of rotatable bonds is 4. The Kier molecular flexibility index (Phi) is 5.50. The average Bonchev–Trinajstić information content (AvgIpc) is 3.33. The van der Waals surface area contributed by atoms with Crippen LogP contribution < -0.4 is 9.47 Å². The van der Waals surface area contributed by atoms with Gasteiger partial charge in [0.15, 0.2) is 11.5 Å². The smallest absolute Gasteiger partial charge is 0.254 e. The van der Waals surface area contributed by atoms with Gasteiger partial charge >= 0.3 is 0 Å². The number of carbonyl (C=O) groups excluding carboxylic acids is 2. The second-order valence-corrected chi connectivity index (χ2v) is 7.94. The predicted molar refractivity (Wildman–Crippen MR) is 120 cm³/mol. The molecule has 5 rings (SSSR count). The van der Waals surface area contributed by atoms with E-state index in [9.17, 15) is 9.59 Å². The number of carbonyl (C=O) groups is 2. The van der Waals surface area contributed by atoms with Gasteiger partial charge < -0.3 is 19.3 Å². The quantitative estimate of drug-likeness (QED) is 0.638. The number of hydrogen-bond acceptors (Lipinski definition) is 4. The van der Waals surface area contributed by atoms with Gasteiger partial charge in [-0.1, -0.05) is 60.7 Å². The second kappa shape index (κ2) is 8.75. The molecule has 6 heteroatoms. The van der Waals surface area contributed by atoms with Crippen molar-refractivity contribution in [2.75, 3.05) is 33.0 Å². The first-order valence-corrected chi connectivity index (χ1v) is 10.8. The van der Waals surface area contributed by atoms with Crippen LogP contribution in [0.3, 0.4) is 0 Å². The van der Waals surface area contributed by atoms with Crippen LogP contribution in [0, 0.1) is 0 Å². The molecule has 6 nitrogen and oxygen atoms in total. The Hall–Kier alpha value is -3.80. The van der Waals surface area contributed by atoms with Gasteiger partial charge in [-0.15, -0.1) is 0 Å². The predicted octanol–water partition coefficient (Wildman–Crippen LogP) is 3.53. The van der Waals surface area contributed by atoms with Gasteiger partial charge in [-0.2, -0.15) is 0 Å². The van der Waals surface area contributed by atoms with E-state index in [4.69, 9.17) is 9.47 Å². The number of fused-ring (bicyclic) bond motifs is 1. The van der Waals surface area contributed by atoms with Crippen LogP contribution >= 0.6 is 0 Å². The fourth-order valence-corrected chi connectivity index (χ4v) is 4.29. The SMILES string of the molecule is O=C(c1ccc2c(c1)OCO2)N1CCN(C(=O)C(c2ccccc2)c2ccccc2)CC1. The fraction of sp³-hybridized carbons (Fsp3) is 0.231. The minimum absolute atomic E-state index is 0.0573. The summed E-state index contributed by atoms with van der Waals surface area (Å²) in [6, 6.07) is 25.0. The highest BCUT2D eigenvalue weighted by Gasteiger charge is 2.31. The Labute approximate surface area is 187 Å². The van der Waals surface area contributed by atoms with Crippen LogP contribution in [0.25, 0.3) is 0 Å². The molecule has 2 aliphatic heterocycles. The third-order valence-corrected chi connectivity index (χ3v) is 6.01. The molecule has 3 aromatic rings. The minimum Gasteiger partial charge on any atom is -0.454 e. The monoisotopic (exact) mass is 428 g/mol. The van der Waals surface area contributed by atoms with Crippen molar-refractivity contribution in [1.29, 1.82) is 0 Å². The van der Waals surface area contributed by atoms with Crippen molar-refractivity contribution in [3.8, 4) is 11.5 Å². The molecule has 3 aromatic carbocycles. The highest BCUT2D eigenvalue weighted by atomic mass is 16.7. The summed E-state index contributed by atoms with van der Waals surface area (Å²) in [5.41, 5.74) is 2.52. The summed E-state index contributed by atoms with van der Waals surface area (Å²) >= 11 is 0. The zero-order valence-corrected chi connectivity index (χ0v) is 17.6. The lowest BCUT2D eigenvalue weighted by molar-refractivity contribution is -0.133. The van der Waals surface area contributed by atoms with Crippen LogP contribution in [-0.2, 0) is 4.79 Å². The molecule has 0 spiro atoms. The van der Waals surface area contributed by atoms with E-state index in [1.807, 2.05) is 65.6 Å². The molecule has 162 valence electrons. The van der Waals surface area contributed by atoms with E-state index in [1.165, 1.54) is 0 Å². The van der Waals surface area contributed by atoms with Gasteiger partial charge in [-0.05, 0) is 29.3 Å². The lowest BCUT2D eigenvalue weighted by atomic mass is 9.90. The molecule has 2 heterocycles. The van der Waals surface area contributed by atoms with Crippen LogP contribution in [0.4, 0.5) is 0 Å². The van der Waals surface area contributed by atoms with Crippen LogP contribution in [-0.4, -0.2) is 54.6 Å². The molecule has 1 fully saturated rings. The Bertz CT molecular complexity index is 1070. The average molecular weight is 428 g/mol. The summed E-state index contributed by atoms with van der Waals surface area (Å²) in [5, 5.41) is 0. The molecule has 0 N–H and O–H groups in total. The van der Waals surface area contributed by atoms with Gasteiger partial charge in [-0.3, -0.25) is 9.59 Å². The molecule has 0 unspecified atom stereocenters. The second-order valence-electron chi connectivity index (χ2n) is 7.94. The van der Waals surface area contributed by atoms with E-state index in [0.29, 0.717) is 43.2 Å². The summed E-state index contributed by atoms with van der Waals surface area (Å²) in [7, 11) is 0. The molecule has 32 heavy (non-hydrogen) atoms. The molecule has 0 aliphatic carbocycles. The normalized spacial score (nSPS) is 15.2. The molecular weight excluding hydrogens is 404 g/mol. The summed E-state index contributed by atoms with van der Waals surface area (Å²) in [4.78, 5) is 30.2. The number of hydrogen-bond donors (Lipinski definition) is 0. The third kappa shape index (κ3) is 3.91. The number of ether oxygens (including phenoxy) is 2. The number of benzene rings is 3. The molecule has 0 radical (unpaired) electrons. The van der Waals surface area contributed by atoms with Crippen LogP contribution in [0.5, 0.6) is 11.5 Å². The molecule has 0 aromatic heterocycles. The van der Waals surface area contributed by atoms with E-state index in [1.54, 1.807) is 23.1 Å². The number of nitrogens with zero attached hydrogens (tertiary/aromatic N) is 2. The van der Waals surface area contributed by atoms with Crippen LogP contribution in [0.1, 0.15) is 27.4 Å². The van der Waals surface area contributed by atoms with Crippen molar-refractivity contribution < 1.29 is 19.1 Å². The first-order valence-electron chi connectivity index (χ1n) is 10.8. The number of amides is 2. The molecule has 1 saturated heterocycles. The zero-order chi connectivity index (χ0) is 21.9. The van der Waals surface area contributed by atoms with E-state index in [0.717, 1.165) is 11.1 Å². The van der Waals surface area contributed by atoms with E-state index >= 15 is 0 Å². The molecule has 2 amide bonds. The first-order chi connectivity index (χ1) is 15.7. The van der Waals surface area contributed by atoms with E-state index in [2.05, 4.69) is 0 Å². The Morgan fingerprint density at radius 3 is 1.88 bits per heavy atom. The summed E-state index contributed by atoms with van der Waals surface area (Å²) in [6.45, 7) is 2.18. The van der Waals surface area contributed by atoms with E-state index in [-0.39, 0.29) is 24.5 Å². The van der Waals surface area contributed by atoms with Crippen molar-refractivity contribution in [3.63, 3.8) is 0 Å². The third-order valence-electron chi connectivity index (χ3n) is 6.01. The standard InChI is InChI=1S/C26H24N2O4/c29-25(21-11-12-22-23(17-21)32-18-31-22)27-13-15-28(16-14-27)26(30)24(19-7-3-1-4-8-19)20-9-5-2-6-10-20/h1-12,17,24H,13-16,18H2. The highest BCUT2D eigenvalue weighted by molar-refractivity contribution is 5.95. The zero-order valence-electron chi connectivity index (χ0n) is 17.6. The van der Waals surface area contributed by atoms with Gasteiger partial charge in [0, 0.05) is 31.7 Å². The minimum atomic E-state index is -0.353. The summed E-state index contributed by atoms with van der Waals surface area (Å²) < 4.78 is 10.7. The molecular formula is C26H24N2O4. The summed E-state index contributed by atoms with van der Waals surface area (Å²) in [6.07, 6.45) is 0. The molecule has 0 atom stereocenters. The Morgan fingerprint density at radius 1 is 0.688 bits per heavy atom. The van der Waals surface area contributed by atoms with Crippen molar-refractivity contribution >= 4 is 11.8 Å². The van der Waals surface area contributed by atoms with Crippen molar-refractivity contribution in [1.82, 2.24) is 9.80 Å². The van der Waals surface area contributed by atoms with E-state index < -0.39 is 0 Å². The first kappa shape index (κ1) is 20.1. The van der Waals surface area contributed by atoms with Crippen LogP contribution in [0.15, 0.2) is 78.9 Å². The summed E-state index contributed by atoms with van der Waals surface area (Å²) in [5.74, 6) is 0.909. The Balaban J connectivity index is 1.29. The largest absolute Gasteiger partial charge is 0.454 e. The van der Waals surface area contributed by atoms with Gasteiger partial charge in [0.25, 0.3) is 5.91 Å². The maximum absolute atomic E-state index is 13.6. The molecule has 0 saturated carbocycles. The Morgan fingerprint density at radius 2 is 1.25 bits per heavy atom. The number of piperazine rings is 1. The van der Waals surface area contributed by atoms with Crippen molar-refractivity contribution in [2.24, 2.45) is 0 Å². The van der Waals surface area contributed by atoms with Crippen molar-refractivity contribution in [2.45, 2.75) is 5.92 Å². The van der Waals surface area contributed by atoms with Gasteiger partial charge in [0.1, 0.15) is 0 Å². The lowest BCUT2D eigenvalue weighted by Crippen LogP contribution is -2.51.